The predicted molar refractivity (Wildman–Crippen MR) is 68.6 cm³/mol. The Balaban J connectivity index is 1.94. The van der Waals surface area contributed by atoms with Crippen molar-refractivity contribution in [3.05, 3.63) is 29.8 Å². The molecule has 0 bridgehead atoms. The number of anilines is 1. The fourth-order valence-electron chi connectivity index (χ4n) is 1.19. The van der Waals surface area contributed by atoms with E-state index in [-0.39, 0.29) is 0 Å². The maximum absolute atomic E-state index is 5.44. The third-order valence-electron chi connectivity index (χ3n) is 2.01. The molecule has 0 aliphatic heterocycles. The molecule has 0 fully saturated rings. The average molecular weight is 252 g/mol. The molecule has 0 radical (unpaired) electrons. The van der Waals surface area contributed by atoms with Crippen LogP contribution in [0.3, 0.4) is 0 Å². The number of thioether (sulfide) groups is 2. The van der Waals surface area contributed by atoms with Gasteiger partial charge in [0.15, 0.2) is 0 Å². The molecule has 2 rings (SSSR count). The van der Waals surface area contributed by atoms with Crippen molar-refractivity contribution in [1.82, 2.24) is 15.2 Å². The minimum atomic E-state index is 0.361. The van der Waals surface area contributed by atoms with Crippen LogP contribution in [0, 0.1) is 0 Å². The van der Waals surface area contributed by atoms with Gasteiger partial charge in [-0.25, -0.2) is 5.10 Å². The fourth-order valence-corrected chi connectivity index (χ4v) is 2.36. The van der Waals surface area contributed by atoms with Gasteiger partial charge < -0.3 is 5.73 Å². The Labute approximate surface area is 102 Å². The maximum atomic E-state index is 5.44. The van der Waals surface area contributed by atoms with Gasteiger partial charge in [-0.15, -0.1) is 16.9 Å². The van der Waals surface area contributed by atoms with Crippen LogP contribution in [0.1, 0.15) is 5.56 Å². The van der Waals surface area contributed by atoms with E-state index in [1.54, 1.807) is 23.5 Å². The van der Waals surface area contributed by atoms with Crippen LogP contribution in [0.4, 0.5) is 5.95 Å². The zero-order valence-corrected chi connectivity index (χ0v) is 10.4. The minimum absolute atomic E-state index is 0.361. The van der Waals surface area contributed by atoms with E-state index in [1.807, 2.05) is 0 Å². The summed E-state index contributed by atoms with van der Waals surface area (Å²) in [7, 11) is 0. The van der Waals surface area contributed by atoms with E-state index in [0.29, 0.717) is 11.1 Å². The number of hydrogen-bond acceptors (Lipinski definition) is 5. The molecule has 0 spiro atoms. The molecular formula is C10H12N4S2. The smallest absolute Gasteiger partial charge is 0.216 e. The lowest BCUT2D eigenvalue weighted by Crippen LogP contribution is -1.85. The standard InChI is InChI=1S/C10H12N4S2/c1-15-8-4-2-7(3-5-8)6-16-10-12-9(11)13-14-10/h2-5H,6H2,1H3,(H3,11,12,13,14). The Hall–Kier alpha value is -1.14. The molecule has 1 heterocycles. The first-order chi connectivity index (χ1) is 7.78. The summed E-state index contributed by atoms with van der Waals surface area (Å²) in [6.45, 7) is 0. The first-order valence-corrected chi connectivity index (χ1v) is 6.92. The molecule has 0 amide bonds. The van der Waals surface area contributed by atoms with E-state index >= 15 is 0 Å². The number of aromatic nitrogens is 3. The van der Waals surface area contributed by atoms with Crippen molar-refractivity contribution in [1.29, 1.82) is 0 Å². The quantitative estimate of drug-likeness (QED) is 0.818. The lowest BCUT2D eigenvalue weighted by atomic mass is 10.2. The van der Waals surface area contributed by atoms with Crippen LogP contribution < -0.4 is 5.73 Å². The van der Waals surface area contributed by atoms with E-state index in [4.69, 9.17) is 5.73 Å². The van der Waals surface area contributed by atoms with Gasteiger partial charge >= 0.3 is 0 Å². The summed E-state index contributed by atoms with van der Waals surface area (Å²) in [5.74, 6) is 1.21. The molecular weight excluding hydrogens is 240 g/mol. The summed E-state index contributed by atoms with van der Waals surface area (Å²) >= 11 is 3.31. The van der Waals surface area contributed by atoms with E-state index in [9.17, 15) is 0 Å². The summed E-state index contributed by atoms with van der Waals surface area (Å²) in [5.41, 5.74) is 6.70. The molecule has 0 aliphatic carbocycles. The van der Waals surface area contributed by atoms with Gasteiger partial charge in [0, 0.05) is 10.6 Å². The van der Waals surface area contributed by atoms with Gasteiger partial charge in [0.2, 0.25) is 11.1 Å². The fraction of sp³-hybridized carbons (Fsp3) is 0.200. The van der Waals surface area contributed by atoms with Crippen molar-refractivity contribution in [2.24, 2.45) is 0 Å². The number of H-pyrrole nitrogens is 1. The Morgan fingerprint density at radius 3 is 2.62 bits per heavy atom. The van der Waals surface area contributed by atoms with Crippen molar-refractivity contribution < 1.29 is 0 Å². The van der Waals surface area contributed by atoms with Gasteiger partial charge in [0.05, 0.1) is 0 Å². The van der Waals surface area contributed by atoms with Gasteiger partial charge in [0.25, 0.3) is 0 Å². The molecule has 16 heavy (non-hydrogen) atoms. The predicted octanol–water partition coefficient (Wildman–Crippen LogP) is 2.40. The Kier molecular flexibility index (Phi) is 3.74. The molecule has 4 nitrogen and oxygen atoms in total. The van der Waals surface area contributed by atoms with Crippen molar-refractivity contribution in [2.45, 2.75) is 15.8 Å². The van der Waals surface area contributed by atoms with E-state index in [0.717, 1.165) is 5.75 Å². The number of nitrogens with two attached hydrogens (primary N) is 1. The molecule has 0 atom stereocenters. The molecule has 6 heteroatoms. The summed E-state index contributed by atoms with van der Waals surface area (Å²) in [6.07, 6.45) is 2.07. The molecule has 0 aliphatic rings. The highest BCUT2D eigenvalue weighted by Gasteiger charge is 2.01. The van der Waals surface area contributed by atoms with Crippen LogP contribution in [0.2, 0.25) is 0 Å². The lowest BCUT2D eigenvalue weighted by Gasteiger charge is -2.00. The van der Waals surface area contributed by atoms with Gasteiger partial charge in [-0.3, -0.25) is 0 Å². The molecule has 1 aromatic heterocycles. The van der Waals surface area contributed by atoms with Crippen LogP contribution in [0.25, 0.3) is 0 Å². The Bertz CT molecular complexity index is 452. The number of benzene rings is 1. The Morgan fingerprint density at radius 1 is 1.31 bits per heavy atom. The van der Waals surface area contributed by atoms with Gasteiger partial charge in [-0.05, 0) is 24.0 Å². The highest BCUT2D eigenvalue weighted by molar-refractivity contribution is 7.98. The van der Waals surface area contributed by atoms with Crippen molar-refractivity contribution in [3.63, 3.8) is 0 Å². The molecule has 1 aromatic carbocycles. The normalized spacial score (nSPS) is 10.6. The minimum Gasteiger partial charge on any atom is -0.368 e. The van der Waals surface area contributed by atoms with E-state index in [1.165, 1.54) is 10.5 Å². The number of hydrogen-bond donors (Lipinski definition) is 2. The van der Waals surface area contributed by atoms with Crippen molar-refractivity contribution >= 4 is 29.5 Å². The molecule has 0 unspecified atom stereocenters. The number of nitrogens with one attached hydrogen (secondary N) is 1. The highest BCUT2D eigenvalue weighted by atomic mass is 32.2. The van der Waals surface area contributed by atoms with E-state index in [2.05, 4.69) is 45.7 Å². The summed E-state index contributed by atoms with van der Waals surface area (Å²) in [6, 6.07) is 8.48. The zero-order chi connectivity index (χ0) is 11.4. The average Bonchev–Trinajstić information content (AvgIpc) is 2.73. The van der Waals surface area contributed by atoms with Crippen LogP contribution in [-0.4, -0.2) is 21.4 Å². The second-order valence-electron chi connectivity index (χ2n) is 3.14. The van der Waals surface area contributed by atoms with Gasteiger partial charge in [0.1, 0.15) is 0 Å². The monoisotopic (exact) mass is 252 g/mol. The summed E-state index contributed by atoms with van der Waals surface area (Å²) < 4.78 is 0. The number of nitrogens with zero attached hydrogens (tertiary/aromatic N) is 2. The molecule has 84 valence electrons. The first-order valence-electron chi connectivity index (χ1n) is 4.71. The molecule has 0 saturated carbocycles. The second-order valence-corrected chi connectivity index (χ2v) is 4.96. The van der Waals surface area contributed by atoms with E-state index < -0.39 is 0 Å². The molecule has 3 N–H and O–H groups in total. The molecule has 2 aromatic rings. The van der Waals surface area contributed by atoms with Crippen LogP contribution in [-0.2, 0) is 5.75 Å². The third-order valence-corrected chi connectivity index (χ3v) is 3.67. The maximum Gasteiger partial charge on any atom is 0.216 e. The summed E-state index contributed by atoms with van der Waals surface area (Å²) in [5, 5.41) is 7.26. The van der Waals surface area contributed by atoms with Crippen LogP contribution in [0.5, 0.6) is 0 Å². The number of rotatable bonds is 4. The lowest BCUT2D eigenvalue weighted by molar-refractivity contribution is 0.973. The zero-order valence-electron chi connectivity index (χ0n) is 8.80. The van der Waals surface area contributed by atoms with Crippen molar-refractivity contribution in [2.75, 3.05) is 12.0 Å². The number of aromatic amines is 1. The summed E-state index contributed by atoms with van der Waals surface area (Å²) in [4.78, 5) is 5.30. The number of nitrogen functional groups attached to an aromatic ring is 1. The second kappa shape index (κ2) is 5.27. The highest BCUT2D eigenvalue weighted by Crippen LogP contribution is 2.21. The van der Waals surface area contributed by atoms with Crippen molar-refractivity contribution in [3.8, 4) is 0 Å². The third kappa shape index (κ3) is 2.93. The van der Waals surface area contributed by atoms with Crippen LogP contribution in [0.15, 0.2) is 34.3 Å². The largest absolute Gasteiger partial charge is 0.368 e. The SMILES string of the molecule is CSc1ccc(CSc2n[nH]c(N)n2)cc1. The topological polar surface area (TPSA) is 67.6 Å². The molecule has 0 saturated heterocycles. The Morgan fingerprint density at radius 2 is 2.06 bits per heavy atom. The van der Waals surface area contributed by atoms with Gasteiger partial charge in [-0.1, -0.05) is 23.9 Å². The first kappa shape index (κ1) is 11.3. The van der Waals surface area contributed by atoms with Gasteiger partial charge in [-0.2, -0.15) is 4.98 Å². The van der Waals surface area contributed by atoms with Crippen LogP contribution >= 0.6 is 23.5 Å².